The second-order valence-corrected chi connectivity index (χ2v) is 5.71. The van der Waals surface area contributed by atoms with Crippen LogP contribution in [0.5, 0.6) is 5.75 Å². The fourth-order valence-corrected chi connectivity index (χ4v) is 2.60. The molecular weight excluding hydrogens is 294 g/mol. The Bertz CT molecular complexity index is 663. The molecular formula is C17H21N3O3. The van der Waals surface area contributed by atoms with E-state index in [0.717, 1.165) is 31.6 Å². The van der Waals surface area contributed by atoms with Crippen molar-refractivity contribution >= 4 is 11.6 Å². The van der Waals surface area contributed by atoms with Crippen LogP contribution in [-0.2, 0) is 9.53 Å². The van der Waals surface area contributed by atoms with Crippen LogP contribution in [0, 0.1) is 6.92 Å². The number of amides is 1. The van der Waals surface area contributed by atoms with Crippen LogP contribution >= 0.6 is 0 Å². The highest BCUT2D eigenvalue weighted by Gasteiger charge is 2.16. The van der Waals surface area contributed by atoms with Gasteiger partial charge in [-0.25, -0.2) is 0 Å². The molecule has 1 aromatic heterocycles. The molecule has 0 bridgehead atoms. The van der Waals surface area contributed by atoms with Crippen LogP contribution in [-0.4, -0.2) is 35.5 Å². The number of aromatic nitrogens is 2. The Labute approximate surface area is 135 Å². The number of hydrogen-bond acceptors (Lipinski definition) is 4. The second-order valence-electron chi connectivity index (χ2n) is 5.71. The first-order valence-electron chi connectivity index (χ1n) is 7.82. The molecule has 6 heteroatoms. The molecule has 0 saturated carbocycles. The van der Waals surface area contributed by atoms with E-state index in [0.29, 0.717) is 17.5 Å². The van der Waals surface area contributed by atoms with Crippen LogP contribution in [0.1, 0.15) is 24.4 Å². The molecule has 3 rings (SSSR count). The zero-order valence-electron chi connectivity index (χ0n) is 13.2. The summed E-state index contributed by atoms with van der Waals surface area (Å²) in [5, 5.41) is 7.14. The maximum Gasteiger partial charge on any atom is 0.262 e. The third-order valence-corrected chi connectivity index (χ3v) is 3.81. The molecule has 2 aromatic rings. The average molecular weight is 315 g/mol. The largest absolute Gasteiger partial charge is 0.484 e. The molecule has 0 spiro atoms. The van der Waals surface area contributed by atoms with Gasteiger partial charge in [-0.05, 0) is 37.5 Å². The summed E-state index contributed by atoms with van der Waals surface area (Å²) in [7, 11) is 0. The third-order valence-electron chi connectivity index (χ3n) is 3.81. The van der Waals surface area contributed by atoms with E-state index >= 15 is 0 Å². The SMILES string of the molecule is Cc1cccc(OCC(=O)Nc2cnn(C3CCOCC3)c2)c1. The molecule has 0 aliphatic carbocycles. The van der Waals surface area contributed by atoms with Gasteiger partial charge in [-0.2, -0.15) is 5.10 Å². The van der Waals surface area contributed by atoms with E-state index in [4.69, 9.17) is 9.47 Å². The van der Waals surface area contributed by atoms with Crippen molar-refractivity contribution in [3.63, 3.8) is 0 Å². The van der Waals surface area contributed by atoms with Crippen LogP contribution in [0.4, 0.5) is 5.69 Å². The number of ether oxygens (including phenoxy) is 2. The molecule has 1 fully saturated rings. The molecule has 1 aliphatic rings. The predicted molar refractivity (Wildman–Crippen MR) is 86.6 cm³/mol. The summed E-state index contributed by atoms with van der Waals surface area (Å²) < 4.78 is 12.7. The summed E-state index contributed by atoms with van der Waals surface area (Å²) in [6.45, 7) is 3.48. The number of rotatable bonds is 5. The lowest BCUT2D eigenvalue weighted by atomic mass is 10.1. The van der Waals surface area contributed by atoms with Crippen molar-refractivity contribution in [1.82, 2.24) is 9.78 Å². The molecule has 6 nitrogen and oxygen atoms in total. The highest BCUT2D eigenvalue weighted by atomic mass is 16.5. The minimum Gasteiger partial charge on any atom is -0.484 e. The topological polar surface area (TPSA) is 65.4 Å². The Morgan fingerprint density at radius 1 is 1.43 bits per heavy atom. The van der Waals surface area contributed by atoms with Crippen molar-refractivity contribution in [2.75, 3.05) is 25.1 Å². The first kappa shape index (κ1) is 15.6. The Balaban J connectivity index is 1.50. The van der Waals surface area contributed by atoms with Gasteiger partial charge < -0.3 is 14.8 Å². The average Bonchev–Trinajstić information content (AvgIpc) is 3.02. The molecule has 2 heterocycles. The zero-order chi connectivity index (χ0) is 16.1. The van der Waals surface area contributed by atoms with Gasteiger partial charge in [0.15, 0.2) is 6.61 Å². The van der Waals surface area contributed by atoms with Gasteiger partial charge in [0.1, 0.15) is 5.75 Å². The number of carbonyl (C=O) groups is 1. The summed E-state index contributed by atoms with van der Waals surface area (Å²) >= 11 is 0. The number of hydrogen-bond donors (Lipinski definition) is 1. The van der Waals surface area contributed by atoms with E-state index in [1.54, 1.807) is 6.20 Å². The molecule has 23 heavy (non-hydrogen) atoms. The lowest BCUT2D eigenvalue weighted by Gasteiger charge is -2.22. The van der Waals surface area contributed by atoms with Crippen LogP contribution in [0.15, 0.2) is 36.7 Å². The molecule has 1 saturated heterocycles. The second kappa shape index (κ2) is 7.28. The highest BCUT2D eigenvalue weighted by Crippen LogP contribution is 2.21. The van der Waals surface area contributed by atoms with Gasteiger partial charge in [0.05, 0.1) is 17.9 Å². The molecule has 0 atom stereocenters. The standard InChI is InChI=1S/C17H21N3O3/c1-13-3-2-4-16(9-13)23-12-17(21)19-14-10-18-20(11-14)15-5-7-22-8-6-15/h2-4,9-11,15H,5-8,12H2,1H3,(H,19,21). The van der Waals surface area contributed by atoms with Crippen molar-refractivity contribution in [1.29, 1.82) is 0 Å². The lowest BCUT2D eigenvalue weighted by molar-refractivity contribution is -0.118. The summed E-state index contributed by atoms with van der Waals surface area (Å²) in [5.74, 6) is 0.496. The first-order valence-corrected chi connectivity index (χ1v) is 7.82. The molecule has 1 amide bonds. The monoisotopic (exact) mass is 315 g/mol. The third kappa shape index (κ3) is 4.32. The summed E-state index contributed by atoms with van der Waals surface area (Å²) in [6, 6.07) is 7.97. The van der Waals surface area contributed by atoms with Crippen LogP contribution in [0.25, 0.3) is 0 Å². The van der Waals surface area contributed by atoms with Crippen LogP contribution in [0.2, 0.25) is 0 Å². The molecule has 0 unspecified atom stereocenters. The van der Waals surface area contributed by atoms with Gasteiger partial charge in [-0.1, -0.05) is 12.1 Å². The summed E-state index contributed by atoms with van der Waals surface area (Å²) in [4.78, 5) is 12.0. The van der Waals surface area contributed by atoms with E-state index in [9.17, 15) is 4.79 Å². The quantitative estimate of drug-likeness (QED) is 0.921. The number of aryl methyl sites for hydroxylation is 1. The minimum absolute atomic E-state index is 0.0219. The van der Waals surface area contributed by atoms with E-state index in [1.807, 2.05) is 42.1 Å². The van der Waals surface area contributed by atoms with Crippen molar-refractivity contribution < 1.29 is 14.3 Å². The Morgan fingerprint density at radius 2 is 2.26 bits per heavy atom. The number of benzene rings is 1. The predicted octanol–water partition coefficient (Wildman–Crippen LogP) is 2.56. The smallest absolute Gasteiger partial charge is 0.262 e. The van der Waals surface area contributed by atoms with Gasteiger partial charge in [0.25, 0.3) is 5.91 Å². The van der Waals surface area contributed by atoms with E-state index in [2.05, 4.69) is 10.4 Å². The number of carbonyl (C=O) groups excluding carboxylic acids is 1. The van der Waals surface area contributed by atoms with Crippen molar-refractivity contribution in [3.05, 3.63) is 42.2 Å². The van der Waals surface area contributed by atoms with Crippen molar-refractivity contribution in [2.24, 2.45) is 0 Å². The van der Waals surface area contributed by atoms with E-state index in [1.165, 1.54) is 0 Å². The summed E-state index contributed by atoms with van der Waals surface area (Å²) in [5.41, 5.74) is 1.79. The number of nitrogens with one attached hydrogen (secondary N) is 1. The van der Waals surface area contributed by atoms with Gasteiger partial charge in [-0.15, -0.1) is 0 Å². The van der Waals surface area contributed by atoms with E-state index < -0.39 is 0 Å². The Kier molecular flexibility index (Phi) is 4.92. The normalized spacial score (nSPS) is 15.3. The Morgan fingerprint density at radius 3 is 3.04 bits per heavy atom. The molecule has 0 radical (unpaired) electrons. The minimum atomic E-state index is -0.196. The first-order chi connectivity index (χ1) is 11.2. The van der Waals surface area contributed by atoms with Crippen LogP contribution < -0.4 is 10.1 Å². The van der Waals surface area contributed by atoms with E-state index in [-0.39, 0.29) is 12.5 Å². The fourth-order valence-electron chi connectivity index (χ4n) is 2.60. The lowest BCUT2D eigenvalue weighted by Crippen LogP contribution is -2.21. The summed E-state index contributed by atoms with van der Waals surface area (Å²) in [6.07, 6.45) is 5.43. The number of anilines is 1. The van der Waals surface area contributed by atoms with Gasteiger partial charge in [0.2, 0.25) is 0 Å². The van der Waals surface area contributed by atoms with Crippen molar-refractivity contribution in [2.45, 2.75) is 25.8 Å². The van der Waals surface area contributed by atoms with Crippen molar-refractivity contribution in [3.8, 4) is 5.75 Å². The zero-order valence-corrected chi connectivity index (χ0v) is 13.2. The Hall–Kier alpha value is -2.34. The molecule has 1 aliphatic heterocycles. The molecule has 122 valence electrons. The molecule has 1 N–H and O–H groups in total. The fraction of sp³-hybridized carbons (Fsp3) is 0.412. The maximum absolute atomic E-state index is 12.0. The van der Waals surface area contributed by atoms with Gasteiger partial charge >= 0.3 is 0 Å². The van der Waals surface area contributed by atoms with Gasteiger partial charge in [-0.3, -0.25) is 9.48 Å². The highest BCUT2D eigenvalue weighted by molar-refractivity contribution is 5.91. The maximum atomic E-state index is 12.0. The van der Waals surface area contributed by atoms with Crippen LogP contribution in [0.3, 0.4) is 0 Å². The number of nitrogens with zero attached hydrogens (tertiary/aromatic N) is 2. The van der Waals surface area contributed by atoms with Gasteiger partial charge in [0, 0.05) is 19.4 Å². The molecule has 1 aromatic carbocycles.